The highest BCUT2D eigenvalue weighted by Crippen LogP contribution is 2.25. The van der Waals surface area contributed by atoms with Crippen molar-refractivity contribution >= 4 is 11.8 Å². The van der Waals surface area contributed by atoms with Gasteiger partial charge in [0.05, 0.1) is 0 Å². The topological polar surface area (TPSA) is 15.3 Å². The molecule has 1 aliphatic heterocycles. The molecule has 3 unspecified atom stereocenters. The van der Waals surface area contributed by atoms with Crippen molar-refractivity contribution < 1.29 is 0 Å². The molecule has 0 spiro atoms. The van der Waals surface area contributed by atoms with Crippen molar-refractivity contribution in [1.82, 2.24) is 10.2 Å². The minimum Gasteiger partial charge on any atom is -0.313 e. The van der Waals surface area contributed by atoms with Crippen LogP contribution in [0, 0.1) is 0 Å². The molecule has 0 radical (unpaired) electrons. The van der Waals surface area contributed by atoms with Crippen LogP contribution in [0.2, 0.25) is 0 Å². The van der Waals surface area contributed by atoms with Crippen LogP contribution >= 0.6 is 11.8 Å². The summed E-state index contributed by atoms with van der Waals surface area (Å²) in [5.74, 6) is 1.28. The highest BCUT2D eigenvalue weighted by atomic mass is 32.2. The van der Waals surface area contributed by atoms with Gasteiger partial charge in [-0.2, -0.15) is 11.8 Å². The van der Waals surface area contributed by atoms with Gasteiger partial charge in [0.2, 0.25) is 0 Å². The summed E-state index contributed by atoms with van der Waals surface area (Å²) in [6.07, 6.45) is 1.18. The van der Waals surface area contributed by atoms with Crippen LogP contribution < -0.4 is 5.32 Å². The number of hydrogen-bond donors (Lipinski definition) is 1. The van der Waals surface area contributed by atoms with Gasteiger partial charge in [0.25, 0.3) is 0 Å². The molecule has 0 amide bonds. The molecule has 1 saturated heterocycles. The summed E-state index contributed by atoms with van der Waals surface area (Å²) >= 11 is 2.11. The zero-order valence-corrected chi connectivity index (χ0v) is 13.1. The molecule has 1 aromatic rings. The lowest BCUT2D eigenvalue weighted by Gasteiger charge is -2.38. The molecule has 1 fully saturated rings. The average Bonchev–Trinajstić information content (AvgIpc) is 2.45. The van der Waals surface area contributed by atoms with Gasteiger partial charge >= 0.3 is 0 Å². The summed E-state index contributed by atoms with van der Waals surface area (Å²) in [5, 5.41) is 4.21. The Hall–Kier alpha value is -0.510. The van der Waals surface area contributed by atoms with Crippen LogP contribution in [0.1, 0.15) is 31.9 Å². The van der Waals surface area contributed by atoms with Crippen LogP contribution in [0.3, 0.4) is 0 Å². The molecule has 0 aromatic heterocycles. The van der Waals surface area contributed by atoms with E-state index >= 15 is 0 Å². The quantitative estimate of drug-likeness (QED) is 0.890. The molecule has 2 rings (SSSR count). The number of thioether (sulfide) groups is 1. The number of nitrogens with one attached hydrogen (secondary N) is 1. The lowest BCUT2D eigenvalue weighted by molar-refractivity contribution is 0.203. The standard InChI is InChI=1S/C16H26N2S/c1-13-14(2)19-12-11-18(13)10-9-16(17-3)15-7-5-4-6-8-15/h4-8,13-14,16-17H,9-12H2,1-3H3. The number of nitrogens with zero attached hydrogens (tertiary/aromatic N) is 1. The van der Waals surface area contributed by atoms with E-state index in [0.717, 1.165) is 5.25 Å². The largest absolute Gasteiger partial charge is 0.313 e. The zero-order chi connectivity index (χ0) is 13.7. The zero-order valence-electron chi connectivity index (χ0n) is 12.3. The third kappa shape index (κ3) is 3.98. The van der Waals surface area contributed by atoms with Crippen molar-refractivity contribution in [2.45, 2.75) is 37.6 Å². The fourth-order valence-corrected chi connectivity index (χ4v) is 3.93. The second kappa shape index (κ2) is 7.32. The van der Waals surface area contributed by atoms with Crippen molar-refractivity contribution in [2.75, 3.05) is 25.9 Å². The highest BCUT2D eigenvalue weighted by molar-refractivity contribution is 8.00. The van der Waals surface area contributed by atoms with Gasteiger partial charge in [-0.15, -0.1) is 0 Å². The molecule has 2 nitrogen and oxygen atoms in total. The lowest BCUT2D eigenvalue weighted by Crippen LogP contribution is -2.45. The summed E-state index contributed by atoms with van der Waals surface area (Å²) in [6, 6.07) is 12.0. The van der Waals surface area contributed by atoms with Crippen molar-refractivity contribution in [3.63, 3.8) is 0 Å². The van der Waals surface area contributed by atoms with Gasteiger partial charge in [0.1, 0.15) is 0 Å². The van der Waals surface area contributed by atoms with E-state index in [0.29, 0.717) is 12.1 Å². The Morgan fingerprint density at radius 3 is 2.74 bits per heavy atom. The van der Waals surface area contributed by atoms with Crippen molar-refractivity contribution in [3.05, 3.63) is 35.9 Å². The van der Waals surface area contributed by atoms with E-state index in [1.165, 1.54) is 30.8 Å². The number of rotatable bonds is 5. The van der Waals surface area contributed by atoms with E-state index in [1.807, 2.05) is 0 Å². The maximum atomic E-state index is 3.45. The Morgan fingerprint density at radius 2 is 2.05 bits per heavy atom. The van der Waals surface area contributed by atoms with Gasteiger partial charge in [-0.1, -0.05) is 37.3 Å². The average molecular weight is 278 g/mol. The fourth-order valence-electron chi connectivity index (χ4n) is 2.77. The van der Waals surface area contributed by atoms with Crippen LogP contribution in [-0.2, 0) is 0 Å². The van der Waals surface area contributed by atoms with Crippen LogP contribution in [-0.4, -0.2) is 42.1 Å². The molecular weight excluding hydrogens is 252 g/mol. The Morgan fingerprint density at radius 1 is 1.32 bits per heavy atom. The predicted octanol–water partition coefficient (Wildman–Crippen LogP) is 3.16. The van der Waals surface area contributed by atoms with Gasteiger partial charge < -0.3 is 5.32 Å². The van der Waals surface area contributed by atoms with Gasteiger partial charge in [0, 0.05) is 36.2 Å². The van der Waals surface area contributed by atoms with E-state index in [2.05, 4.69) is 73.2 Å². The molecule has 3 heteroatoms. The molecule has 106 valence electrons. The fraction of sp³-hybridized carbons (Fsp3) is 0.625. The molecule has 1 N–H and O–H groups in total. The molecule has 1 aliphatic rings. The Bertz CT molecular complexity index is 368. The first-order chi connectivity index (χ1) is 9.22. The normalized spacial score (nSPS) is 26.3. The molecular formula is C16H26N2S. The third-order valence-electron chi connectivity index (χ3n) is 4.27. The van der Waals surface area contributed by atoms with Crippen molar-refractivity contribution in [1.29, 1.82) is 0 Å². The Labute approximate surface area is 122 Å². The van der Waals surface area contributed by atoms with E-state index in [-0.39, 0.29) is 0 Å². The first-order valence-corrected chi connectivity index (χ1v) is 8.35. The molecule has 0 saturated carbocycles. The molecule has 1 aromatic carbocycles. The molecule has 0 aliphatic carbocycles. The third-order valence-corrected chi connectivity index (χ3v) is 5.61. The van der Waals surface area contributed by atoms with Crippen LogP contribution in [0.15, 0.2) is 30.3 Å². The van der Waals surface area contributed by atoms with E-state index in [4.69, 9.17) is 0 Å². The summed E-state index contributed by atoms with van der Waals surface area (Å²) in [6.45, 7) is 7.15. The maximum Gasteiger partial charge on any atom is 0.0329 e. The van der Waals surface area contributed by atoms with Gasteiger partial charge in [-0.25, -0.2) is 0 Å². The summed E-state index contributed by atoms with van der Waals surface area (Å²) in [4.78, 5) is 2.65. The van der Waals surface area contributed by atoms with E-state index in [1.54, 1.807) is 0 Å². The van der Waals surface area contributed by atoms with Crippen LogP contribution in [0.4, 0.5) is 0 Å². The number of hydrogen-bond acceptors (Lipinski definition) is 3. The summed E-state index contributed by atoms with van der Waals surface area (Å²) < 4.78 is 0. The van der Waals surface area contributed by atoms with Crippen molar-refractivity contribution in [3.8, 4) is 0 Å². The molecule has 3 atom stereocenters. The summed E-state index contributed by atoms with van der Waals surface area (Å²) in [5.41, 5.74) is 1.40. The number of benzene rings is 1. The van der Waals surface area contributed by atoms with Gasteiger partial charge in [-0.3, -0.25) is 4.90 Å². The molecule has 19 heavy (non-hydrogen) atoms. The van der Waals surface area contributed by atoms with Gasteiger partial charge in [0.15, 0.2) is 0 Å². The Balaban J connectivity index is 1.89. The lowest BCUT2D eigenvalue weighted by atomic mass is 10.0. The second-order valence-corrected chi connectivity index (χ2v) is 6.88. The second-order valence-electron chi connectivity index (χ2n) is 5.39. The minimum atomic E-state index is 0.471. The van der Waals surface area contributed by atoms with E-state index < -0.39 is 0 Å². The van der Waals surface area contributed by atoms with E-state index in [9.17, 15) is 0 Å². The Kier molecular flexibility index (Phi) is 5.74. The minimum absolute atomic E-state index is 0.471. The maximum absolute atomic E-state index is 3.45. The highest BCUT2D eigenvalue weighted by Gasteiger charge is 2.25. The SMILES string of the molecule is CNC(CCN1CCSC(C)C1C)c1ccccc1. The van der Waals surface area contributed by atoms with Crippen molar-refractivity contribution in [2.24, 2.45) is 0 Å². The smallest absolute Gasteiger partial charge is 0.0329 e. The first kappa shape index (κ1) is 14.9. The van der Waals surface area contributed by atoms with Crippen LogP contribution in [0.5, 0.6) is 0 Å². The first-order valence-electron chi connectivity index (χ1n) is 7.30. The molecule has 1 heterocycles. The monoisotopic (exact) mass is 278 g/mol. The summed E-state index contributed by atoms with van der Waals surface area (Å²) in [7, 11) is 2.07. The van der Waals surface area contributed by atoms with Crippen LogP contribution in [0.25, 0.3) is 0 Å². The predicted molar refractivity (Wildman–Crippen MR) is 85.8 cm³/mol. The molecule has 0 bridgehead atoms. The van der Waals surface area contributed by atoms with Gasteiger partial charge in [-0.05, 0) is 26.0 Å².